The van der Waals surface area contributed by atoms with Gasteiger partial charge in [-0.1, -0.05) is 0 Å². The Bertz CT molecular complexity index is 428. The zero-order chi connectivity index (χ0) is 8.55. The lowest BCUT2D eigenvalue weighted by Gasteiger charge is -1.96. The summed E-state index contributed by atoms with van der Waals surface area (Å²) in [5.41, 5.74) is 1.95. The first-order valence-electron chi connectivity index (χ1n) is 3.74. The molecule has 0 aliphatic carbocycles. The minimum absolute atomic E-state index is 0.762. The van der Waals surface area contributed by atoms with Crippen molar-refractivity contribution in [3.63, 3.8) is 0 Å². The lowest BCUT2D eigenvalue weighted by Crippen LogP contribution is -1.80. The highest BCUT2D eigenvalue weighted by atomic mass is 32.1. The molecule has 0 bridgehead atoms. The number of thiophene rings is 1. The normalized spacial score (nSPS) is 10.4. The molecule has 2 aromatic rings. The Balaban J connectivity index is 2.83. The van der Waals surface area contributed by atoms with Crippen LogP contribution in [0.25, 0.3) is 10.1 Å². The highest BCUT2D eigenvalue weighted by Gasteiger charge is 2.00. The summed E-state index contributed by atoms with van der Waals surface area (Å²) in [6.07, 6.45) is 0.893. The van der Waals surface area contributed by atoms with Crippen LogP contribution < -0.4 is 0 Å². The van der Waals surface area contributed by atoms with E-state index < -0.39 is 0 Å². The van der Waals surface area contributed by atoms with E-state index in [1.165, 1.54) is 15.6 Å². The van der Waals surface area contributed by atoms with Crippen molar-refractivity contribution >= 4 is 27.7 Å². The molecular weight excluding hydrogens is 168 g/mol. The van der Waals surface area contributed by atoms with E-state index in [0.717, 1.165) is 11.8 Å². The van der Waals surface area contributed by atoms with E-state index in [1.807, 2.05) is 30.5 Å². The maximum atomic E-state index is 10.5. The van der Waals surface area contributed by atoms with Crippen LogP contribution in [0.4, 0.5) is 0 Å². The van der Waals surface area contributed by atoms with Crippen molar-refractivity contribution in [3.8, 4) is 0 Å². The molecule has 1 aromatic heterocycles. The van der Waals surface area contributed by atoms with Gasteiger partial charge in [0.1, 0.15) is 6.29 Å². The zero-order valence-electron chi connectivity index (χ0n) is 6.70. The van der Waals surface area contributed by atoms with Gasteiger partial charge in [0.05, 0.1) is 0 Å². The molecule has 0 saturated heterocycles. The molecule has 2 rings (SSSR count). The summed E-state index contributed by atoms with van der Waals surface area (Å²) in [5.74, 6) is 0. The van der Waals surface area contributed by atoms with Crippen LogP contribution in [0.5, 0.6) is 0 Å². The molecule has 0 radical (unpaired) electrons. The average molecular weight is 176 g/mol. The maximum Gasteiger partial charge on any atom is 0.150 e. The summed E-state index contributed by atoms with van der Waals surface area (Å²) in [4.78, 5) is 10.5. The van der Waals surface area contributed by atoms with Gasteiger partial charge in [-0.15, -0.1) is 11.3 Å². The molecule has 0 saturated carbocycles. The molecular formula is C10H8OS. The predicted octanol–water partition coefficient (Wildman–Crippen LogP) is 3.02. The fourth-order valence-electron chi connectivity index (χ4n) is 1.36. The molecule has 0 spiro atoms. The van der Waals surface area contributed by atoms with Crippen molar-refractivity contribution in [2.45, 2.75) is 6.92 Å². The van der Waals surface area contributed by atoms with Crippen LogP contribution in [0, 0.1) is 6.92 Å². The van der Waals surface area contributed by atoms with E-state index in [1.54, 1.807) is 11.3 Å². The number of aryl methyl sites for hydroxylation is 1. The second-order valence-corrected chi connectivity index (χ2v) is 3.71. The third-order valence-corrected chi connectivity index (χ3v) is 2.96. The topological polar surface area (TPSA) is 17.1 Å². The average Bonchev–Trinajstić information content (AvgIpc) is 2.52. The third kappa shape index (κ3) is 1.04. The molecule has 1 heterocycles. The Labute approximate surface area is 74.6 Å². The van der Waals surface area contributed by atoms with Crippen LogP contribution in [0.3, 0.4) is 0 Å². The Morgan fingerprint density at radius 2 is 2.25 bits per heavy atom. The van der Waals surface area contributed by atoms with Gasteiger partial charge < -0.3 is 0 Å². The molecule has 0 aliphatic rings. The van der Waals surface area contributed by atoms with Gasteiger partial charge in [-0.05, 0) is 41.5 Å². The fraction of sp³-hybridized carbons (Fsp3) is 0.100. The number of hydrogen-bond acceptors (Lipinski definition) is 2. The van der Waals surface area contributed by atoms with Gasteiger partial charge in [0.2, 0.25) is 0 Å². The van der Waals surface area contributed by atoms with Gasteiger partial charge in [0.25, 0.3) is 0 Å². The number of rotatable bonds is 1. The van der Waals surface area contributed by atoms with Crippen molar-refractivity contribution in [2.75, 3.05) is 0 Å². The highest BCUT2D eigenvalue weighted by Crippen LogP contribution is 2.25. The first-order chi connectivity index (χ1) is 5.81. The van der Waals surface area contributed by atoms with Crippen LogP contribution >= 0.6 is 11.3 Å². The standard InChI is InChI=1S/C10H8OS/c1-7-4-8(6-11)5-9-2-3-12-10(7)9/h2-6H,1H3. The number of carbonyl (C=O) groups excluding carboxylic acids is 1. The van der Waals surface area contributed by atoms with Crippen molar-refractivity contribution in [3.05, 3.63) is 34.7 Å². The molecule has 12 heavy (non-hydrogen) atoms. The summed E-state index contributed by atoms with van der Waals surface area (Å²) >= 11 is 1.72. The van der Waals surface area contributed by atoms with Crippen LogP contribution in [0.2, 0.25) is 0 Å². The number of aldehydes is 1. The van der Waals surface area contributed by atoms with Gasteiger partial charge in [0, 0.05) is 10.3 Å². The molecule has 0 atom stereocenters. The second-order valence-electron chi connectivity index (χ2n) is 2.79. The largest absolute Gasteiger partial charge is 0.298 e. The van der Waals surface area contributed by atoms with E-state index in [2.05, 4.69) is 0 Å². The molecule has 0 aliphatic heterocycles. The minimum atomic E-state index is 0.762. The predicted molar refractivity (Wildman–Crippen MR) is 51.9 cm³/mol. The molecule has 0 N–H and O–H groups in total. The number of hydrogen-bond donors (Lipinski definition) is 0. The Kier molecular flexibility index (Phi) is 1.70. The van der Waals surface area contributed by atoms with E-state index in [-0.39, 0.29) is 0 Å². The summed E-state index contributed by atoms with van der Waals surface area (Å²) in [6, 6.07) is 5.89. The van der Waals surface area contributed by atoms with Crippen LogP contribution in [0.1, 0.15) is 15.9 Å². The minimum Gasteiger partial charge on any atom is -0.298 e. The summed E-state index contributed by atoms with van der Waals surface area (Å²) in [5, 5.41) is 3.22. The van der Waals surface area contributed by atoms with Gasteiger partial charge in [0.15, 0.2) is 0 Å². The van der Waals surface area contributed by atoms with Crippen molar-refractivity contribution < 1.29 is 4.79 Å². The van der Waals surface area contributed by atoms with E-state index in [9.17, 15) is 4.79 Å². The smallest absolute Gasteiger partial charge is 0.150 e. The lowest BCUT2D eigenvalue weighted by molar-refractivity contribution is 0.112. The second kappa shape index (κ2) is 2.72. The molecule has 0 unspecified atom stereocenters. The first-order valence-corrected chi connectivity index (χ1v) is 4.62. The molecule has 60 valence electrons. The Hall–Kier alpha value is -1.15. The van der Waals surface area contributed by atoms with Crippen molar-refractivity contribution in [1.82, 2.24) is 0 Å². The molecule has 2 heteroatoms. The molecule has 0 fully saturated rings. The highest BCUT2D eigenvalue weighted by molar-refractivity contribution is 7.17. The first kappa shape index (κ1) is 7.50. The number of benzene rings is 1. The van der Waals surface area contributed by atoms with Crippen molar-refractivity contribution in [2.24, 2.45) is 0 Å². The third-order valence-electron chi connectivity index (χ3n) is 1.90. The van der Waals surface area contributed by atoms with E-state index in [4.69, 9.17) is 0 Å². The van der Waals surface area contributed by atoms with Crippen molar-refractivity contribution in [1.29, 1.82) is 0 Å². The summed E-state index contributed by atoms with van der Waals surface area (Å²) in [6.45, 7) is 2.03. The fourth-order valence-corrected chi connectivity index (χ4v) is 2.22. The molecule has 1 aromatic carbocycles. The van der Waals surface area contributed by atoms with Gasteiger partial charge in [-0.3, -0.25) is 4.79 Å². The van der Waals surface area contributed by atoms with Crippen LogP contribution in [-0.4, -0.2) is 6.29 Å². The molecule has 1 nitrogen and oxygen atoms in total. The van der Waals surface area contributed by atoms with Crippen LogP contribution in [0.15, 0.2) is 23.6 Å². The van der Waals surface area contributed by atoms with Gasteiger partial charge in [-0.25, -0.2) is 0 Å². The SMILES string of the molecule is Cc1cc(C=O)cc2ccsc12. The lowest BCUT2D eigenvalue weighted by atomic mass is 10.1. The quantitative estimate of drug-likeness (QED) is 0.610. The summed E-state index contributed by atoms with van der Waals surface area (Å²) < 4.78 is 1.28. The van der Waals surface area contributed by atoms with E-state index in [0.29, 0.717) is 0 Å². The monoisotopic (exact) mass is 176 g/mol. The number of fused-ring (bicyclic) bond motifs is 1. The maximum absolute atomic E-state index is 10.5. The summed E-state index contributed by atoms with van der Waals surface area (Å²) in [7, 11) is 0. The molecule has 0 amide bonds. The van der Waals surface area contributed by atoms with Gasteiger partial charge >= 0.3 is 0 Å². The van der Waals surface area contributed by atoms with Crippen LogP contribution in [-0.2, 0) is 0 Å². The van der Waals surface area contributed by atoms with E-state index >= 15 is 0 Å². The zero-order valence-corrected chi connectivity index (χ0v) is 7.52. The Morgan fingerprint density at radius 3 is 3.00 bits per heavy atom. The van der Waals surface area contributed by atoms with Gasteiger partial charge in [-0.2, -0.15) is 0 Å². The number of carbonyl (C=O) groups is 1. The Morgan fingerprint density at radius 1 is 1.42 bits per heavy atom.